The molecule has 3 heterocycles. The number of hydrogen-bond acceptors (Lipinski definition) is 6. The highest BCUT2D eigenvalue weighted by Crippen LogP contribution is 2.49. The lowest BCUT2D eigenvalue weighted by atomic mass is 9.98. The Morgan fingerprint density at radius 2 is 1.59 bits per heavy atom. The fourth-order valence-corrected chi connectivity index (χ4v) is 9.69. The van der Waals surface area contributed by atoms with Crippen LogP contribution in [0.15, 0.2) is 66.9 Å². The number of nitrogens with two attached hydrogens (primary N) is 1. The van der Waals surface area contributed by atoms with Crippen LogP contribution in [0.1, 0.15) is 57.9 Å². The van der Waals surface area contributed by atoms with Gasteiger partial charge in [0.1, 0.15) is 30.1 Å². The smallest absolute Gasteiger partial charge is 0.258 e. The van der Waals surface area contributed by atoms with Crippen molar-refractivity contribution >= 4 is 24.4 Å². The van der Waals surface area contributed by atoms with Gasteiger partial charge in [-0.2, -0.15) is 5.26 Å². The summed E-state index contributed by atoms with van der Waals surface area (Å²) >= 11 is 0. The predicted molar refractivity (Wildman–Crippen MR) is 145 cm³/mol. The SMILES string of the molecule is CC1(C)O[C@@H]2[C@@H](CCC(C)(C)[Si](O)(c3ccccc3)c3ccccc3)OC(c3c[nH]c(C#N)c3N)[C@@H]2O1. The van der Waals surface area contributed by atoms with Gasteiger partial charge in [0.15, 0.2) is 5.79 Å². The fourth-order valence-electron chi connectivity index (χ4n) is 5.93. The molecule has 0 aliphatic carbocycles. The highest BCUT2D eigenvalue weighted by atomic mass is 28.4. The summed E-state index contributed by atoms with van der Waals surface area (Å²) in [4.78, 5) is 15.5. The maximum absolute atomic E-state index is 12.5. The lowest BCUT2D eigenvalue weighted by Gasteiger charge is -2.42. The molecule has 0 spiro atoms. The van der Waals surface area contributed by atoms with E-state index < -0.39 is 25.2 Å². The van der Waals surface area contributed by atoms with Gasteiger partial charge in [0.2, 0.25) is 0 Å². The Bertz CT molecular complexity index is 1250. The topological polar surface area (TPSA) is 114 Å². The molecule has 8 heteroatoms. The number of rotatable bonds is 7. The maximum atomic E-state index is 12.5. The summed E-state index contributed by atoms with van der Waals surface area (Å²) in [6.45, 7) is 8.12. The zero-order valence-corrected chi connectivity index (χ0v) is 22.8. The summed E-state index contributed by atoms with van der Waals surface area (Å²) in [6.07, 6.45) is 1.81. The normalized spacial score (nSPS) is 25.1. The van der Waals surface area contributed by atoms with Crippen molar-refractivity contribution in [3.05, 3.63) is 78.1 Å². The van der Waals surface area contributed by atoms with Crippen molar-refractivity contribution in [1.29, 1.82) is 5.26 Å². The largest absolute Gasteiger partial charge is 0.424 e. The third-order valence-corrected chi connectivity index (χ3v) is 12.5. The third-order valence-electron chi connectivity index (χ3n) is 7.94. The summed E-state index contributed by atoms with van der Waals surface area (Å²) in [5.74, 6) is -0.752. The van der Waals surface area contributed by atoms with E-state index in [1.165, 1.54) is 0 Å². The van der Waals surface area contributed by atoms with Gasteiger partial charge in [-0.25, -0.2) is 0 Å². The zero-order valence-electron chi connectivity index (χ0n) is 21.8. The van der Waals surface area contributed by atoms with E-state index in [0.717, 1.165) is 16.8 Å². The fraction of sp³-hybridized carbons (Fsp3) is 0.414. The molecule has 4 N–H and O–H groups in total. The average Bonchev–Trinajstić information content (AvgIpc) is 3.52. The van der Waals surface area contributed by atoms with E-state index in [0.29, 0.717) is 23.4 Å². The number of anilines is 1. The molecule has 3 aromatic rings. The second-order valence-corrected chi connectivity index (χ2v) is 15.1. The first kappa shape index (κ1) is 25.7. The minimum absolute atomic E-state index is 0.249. The van der Waals surface area contributed by atoms with Crippen LogP contribution in [0, 0.1) is 11.3 Å². The molecule has 2 saturated heterocycles. The van der Waals surface area contributed by atoms with Crippen molar-refractivity contribution in [2.24, 2.45) is 0 Å². The number of fused-ring (bicyclic) bond motifs is 1. The summed E-state index contributed by atoms with van der Waals surface area (Å²) < 4.78 is 19.1. The Morgan fingerprint density at radius 3 is 2.14 bits per heavy atom. The number of hydrogen-bond donors (Lipinski definition) is 3. The van der Waals surface area contributed by atoms with Crippen LogP contribution in [0.2, 0.25) is 5.04 Å². The Labute approximate surface area is 219 Å². The molecular formula is C29H35N3O4Si. The quantitative estimate of drug-likeness (QED) is 0.412. The number of H-pyrrole nitrogens is 1. The number of nitrogen functional groups attached to an aromatic ring is 1. The van der Waals surface area contributed by atoms with Crippen LogP contribution < -0.4 is 16.1 Å². The lowest BCUT2D eigenvalue weighted by Crippen LogP contribution is -2.65. The minimum atomic E-state index is -3.14. The Morgan fingerprint density at radius 1 is 1.03 bits per heavy atom. The van der Waals surface area contributed by atoms with Crippen molar-refractivity contribution in [3.63, 3.8) is 0 Å². The molecule has 7 nitrogen and oxygen atoms in total. The van der Waals surface area contributed by atoms with Crippen LogP contribution in [0.5, 0.6) is 0 Å². The highest BCUT2D eigenvalue weighted by Gasteiger charge is 2.57. The average molecular weight is 518 g/mol. The molecule has 0 bridgehead atoms. The number of nitriles is 1. The van der Waals surface area contributed by atoms with Crippen LogP contribution in [-0.2, 0) is 14.2 Å². The standard InChI is InChI=1S/C29H35N3O4Si/c1-28(2,37(33,19-11-7-5-8-12-19)20-13-9-6-10-14-20)16-15-23-26-27(36-29(3,4)35-26)25(34-23)21-18-32-22(17-30)24(21)31/h5-14,18,23,25-27,32-33H,15-16,31H2,1-4H3/t23-,25?,26-,27+/m1/s1. The second-order valence-electron chi connectivity index (χ2n) is 11.2. The molecule has 194 valence electrons. The van der Waals surface area contributed by atoms with Crippen molar-refractivity contribution in [2.45, 2.75) is 75.8 Å². The molecule has 2 fully saturated rings. The van der Waals surface area contributed by atoms with E-state index in [2.05, 4.69) is 24.9 Å². The van der Waals surface area contributed by atoms with Gasteiger partial charge in [-0.1, -0.05) is 74.5 Å². The van der Waals surface area contributed by atoms with Crippen molar-refractivity contribution in [1.82, 2.24) is 4.98 Å². The van der Waals surface area contributed by atoms with Crippen LogP contribution in [-0.4, -0.2) is 42.2 Å². The van der Waals surface area contributed by atoms with Crippen LogP contribution in [0.25, 0.3) is 0 Å². The molecule has 2 aliphatic rings. The Kier molecular flexibility index (Phi) is 6.55. The maximum Gasteiger partial charge on any atom is 0.258 e. The van der Waals surface area contributed by atoms with Gasteiger partial charge in [0, 0.05) is 11.8 Å². The van der Waals surface area contributed by atoms with Gasteiger partial charge in [-0.15, -0.1) is 0 Å². The van der Waals surface area contributed by atoms with Crippen molar-refractivity contribution in [3.8, 4) is 6.07 Å². The zero-order chi connectivity index (χ0) is 26.4. The number of benzene rings is 2. The second kappa shape index (κ2) is 9.42. The van der Waals surface area contributed by atoms with E-state index >= 15 is 0 Å². The molecule has 1 aromatic heterocycles. The Balaban J connectivity index is 1.43. The van der Waals surface area contributed by atoms with E-state index in [1.54, 1.807) is 6.20 Å². The summed E-state index contributed by atoms with van der Waals surface area (Å²) in [5.41, 5.74) is 7.68. The van der Waals surface area contributed by atoms with Crippen LogP contribution in [0.4, 0.5) is 5.69 Å². The number of aromatic amines is 1. The molecular weight excluding hydrogens is 482 g/mol. The van der Waals surface area contributed by atoms with Gasteiger partial charge < -0.3 is 29.7 Å². The predicted octanol–water partition coefficient (Wildman–Crippen LogP) is 3.74. The lowest BCUT2D eigenvalue weighted by molar-refractivity contribution is -0.188. The molecule has 0 radical (unpaired) electrons. The Hall–Kier alpha value is -2.93. The van der Waals surface area contributed by atoms with Crippen LogP contribution in [0.3, 0.4) is 0 Å². The number of ether oxygens (including phenoxy) is 3. The van der Waals surface area contributed by atoms with Gasteiger partial charge in [-0.3, -0.25) is 0 Å². The van der Waals surface area contributed by atoms with Gasteiger partial charge in [0.25, 0.3) is 8.32 Å². The molecule has 4 atom stereocenters. The first-order valence-electron chi connectivity index (χ1n) is 12.8. The first-order chi connectivity index (χ1) is 17.6. The summed E-state index contributed by atoms with van der Waals surface area (Å²) in [7, 11) is -3.14. The monoisotopic (exact) mass is 517 g/mol. The van der Waals surface area contributed by atoms with E-state index in [4.69, 9.17) is 19.9 Å². The first-order valence-corrected chi connectivity index (χ1v) is 14.7. The molecule has 0 saturated carbocycles. The van der Waals surface area contributed by atoms with Crippen molar-refractivity contribution in [2.75, 3.05) is 5.73 Å². The molecule has 5 rings (SSSR count). The van der Waals surface area contributed by atoms with Gasteiger partial charge in [0.05, 0.1) is 11.8 Å². The molecule has 1 unspecified atom stereocenters. The van der Waals surface area contributed by atoms with Gasteiger partial charge in [-0.05, 0) is 42.1 Å². The minimum Gasteiger partial charge on any atom is -0.424 e. The highest BCUT2D eigenvalue weighted by molar-refractivity contribution is 6.98. The number of nitrogens with zero attached hydrogens (tertiary/aromatic N) is 1. The number of nitrogens with one attached hydrogen (secondary N) is 1. The van der Waals surface area contributed by atoms with Crippen molar-refractivity contribution < 1.29 is 19.0 Å². The molecule has 0 amide bonds. The van der Waals surface area contributed by atoms with Crippen LogP contribution >= 0.6 is 0 Å². The van der Waals surface area contributed by atoms with Gasteiger partial charge >= 0.3 is 0 Å². The van der Waals surface area contributed by atoms with E-state index in [1.807, 2.05) is 74.5 Å². The third kappa shape index (κ3) is 4.41. The summed E-state index contributed by atoms with van der Waals surface area (Å²) in [6, 6.07) is 22.2. The summed E-state index contributed by atoms with van der Waals surface area (Å²) in [5, 5.41) is 10.9. The molecule has 37 heavy (non-hydrogen) atoms. The van der Waals surface area contributed by atoms with E-state index in [-0.39, 0.29) is 18.3 Å². The van der Waals surface area contributed by atoms with E-state index in [9.17, 15) is 10.1 Å². The molecule has 2 aliphatic heterocycles. The number of aromatic nitrogens is 1. The molecule has 2 aromatic carbocycles.